The van der Waals surface area contributed by atoms with Gasteiger partial charge in [0.2, 0.25) is 0 Å². The van der Waals surface area contributed by atoms with E-state index in [0.717, 1.165) is 57.3 Å². The Labute approximate surface area is 139 Å². The fourth-order valence-electron chi connectivity index (χ4n) is 3.75. The molecule has 3 heterocycles. The van der Waals surface area contributed by atoms with Crippen LogP contribution in [0.5, 0.6) is 0 Å². The third kappa shape index (κ3) is 4.57. The highest BCUT2D eigenvalue weighted by Gasteiger charge is 2.31. The number of morpholine rings is 1. The number of ether oxygens (including phenoxy) is 1. The van der Waals surface area contributed by atoms with Crippen molar-refractivity contribution in [2.45, 2.75) is 38.8 Å². The molecule has 0 aliphatic carbocycles. The van der Waals surface area contributed by atoms with E-state index in [4.69, 9.17) is 9.15 Å². The van der Waals surface area contributed by atoms with E-state index in [1.165, 1.54) is 6.42 Å². The molecule has 1 aromatic rings. The zero-order chi connectivity index (χ0) is 16.2. The molecule has 0 aromatic carbocycles. The molecule has 0 radical (unpaired) electrons. The lowest BCUT2D eigenvalue weighted by molar-refractivity contribution is -0.00537. The third-order valence-electron chi connectivity index (χ3n) is 5.08. The van der Waals surface area contributed by atoms with E-state index in [2.05, 4.69) is 22.8 Å². The Bertz CT molecular complexity index is 484. The van der Waals surface area contributed by atoms with Crippen molar-refractivity contribution >= 4 is 0 Å². The molecule has 3 unspecified atom stereocenters. The first-order valence-electron chi connectivity index (χ1n) is 8.90. The monoisotopic (exact) mass is 322 g/mol. The van der Waals surface area contributed by atoms with E-state index in [-0.39, 0.29) is 6.10 Å². The lowest BCUT2D eigenvalue weighted by Crippen LogP contribution is -2.46. The molecule has 5 nitrogen and oxygen atoms in total. The number of likely N-dealkylation sites (tertiary alicyclic amines) is 1. The highest BCUT2D eigenvalue weighted by atomic mass is 16.5. The van der Waals surface area contributed by atoms with Crippen molar-refractivity contribution < 1.29 is 14.3 Å². The van der Waals surface area contributed by atoms with Gasteiger partial charge >= 0.3 is 0 Å². The van der Waals surface area contributed by atoms with Gasteiger partial charge in [-0.25, -0.2) is 0 Å². The minimum absolute atomic E-state index is 0.298. The normalized spacial score (nSPS) is 28.8. The van der Waals surface area contributed by atoms with Gasteiger partial charge in [-0.15, -0.1) is 0 Å². The summed E-state index contributed by atoms with van der Waals surface area (Å²) in [7, 11) is 0. The summed E-state index contributed by atoms with van der Waals surface area (Å²) in [6.07, 6.45) is 1.98. The number of hydrogen-bond donors (Lipinski definition) is 1. The molecule has 0 spiro atoms. The van der Waals surface area contributed by atoms with Crippen molar-refractivity contribution in [3.63, 3.8) is 0 Å². The molecule has 2 saturated heterocycles. The molecule has 3 rings (SSSR count). The summed E-state index contributed by atoms with van der Waals surface area (Å²) in [4.78, 5) is 4.70. The molecule has 2 aliphatic heterocycles. The van der Waals surface area contributed by atoms with Crippen LogP contribution >= 0.6 is 0 Å². The van der Waals surface area contributed by atoms with E-state index in [0.29, 0.717) is 18.5 Å². The Balaban J connectivity index is 1.59. The quantitative estimate of drug-likeness (QED) is 0.899. The van der Waals surface area contributed by atoms with Gasteiger partial charge in [0, 0.05) is 26.2 Å². The molecule has 0 bridgehead atoms. The van der Waals surface area contributed by atoms with Crippen LogP contribution in [0.2, 0.25) is 0 Å². The maximum absolute atomic E-state index is 10.5. The van der Waals surface area contributed by atoms with Gasteiger partial charge in [-0.2, -0.15) is 0 Å². The Kier molecular flexibility index (Phi) is 5.75. The molecule has 0 saturated carbocycles. The number of rotatable bonds is 5. The summed E-state index contributed by atoms with van der Waals surface area (Å²) in [6, 6.07) is 4.43. The molecule has 2 fully saturated rings. The summed E-state index contributed by atoms with van der Waals surface area (Å²) in [6.45, 7) is 10.2. The van der Waals surface area contributed by atoms with E-state index in [1.54, 1.807) is 0 Å². The van der Waals surface area contributed by atoms with Crippen LogP contribution in [-0.2, 0) is 4.74 Å². The number of hydrogen-bond acceptors (Lipinski definition) is 5. The lowest BCUT2D eigenvalue weighted by Gasteiger charge is -2.39. The molecule has 130 valence electrons. The number of β-amino-alcohol motifs (C(OH)–C–C–N with tert-alkyl or cyclic N) is 1. The maximum Gasteiger partial charge on any atom is 0.121 e. The number of aliphatic hydroxyl groups is 1. The Morgan fingerprint density at radius 1 is 1.22 bits per heavy atom. The summed E-state index contributed by atoms with van der Waals surface area (Å²) in [5.74, 6) is 2.72. The SMILES string of the molecule is Cc1ccc(C2CC(C)CCN2CC(O)CN2CCOCC2)o1. The van der Waals surface area contributed by atoms with Gasteiger partial charge < -0.3 is 14.3 Å². The average molecular weight is 322 g/mol. The highest BCUT2D eigenvalue weighted by Crippen LogP contribution is 2.34. The third-order valence-corrected chi connectivity index (χ3v) is 5.08. The van der Waals surface area contributed by atoms with Crippen molar-refractivity contribution in [2.24, 2.45) is 5.92 Å². The maximum atomic E-state index is 10.5. The summed E-state index contributed by atoms with van der Waals surface area (Å²) in [5, 5.41) is 10.5. The van der Waals surface area contributed by atoms with Crippen LogP contribution in [0.1, 0.15) is 37.3 Å². The van der Waals surface area contributed by atoms with Gasteiger partial charge in [-0.3, -0.25) is 9.80 Å². The number of piperidine rings is 1. The molecular formula is C18H30N2O3. The minimum atomic E-state index is -0.319. The Hall–Kier alpha value is -0.880. The van der Waals surface area contributed by atoms with E-state index in [1.807, 2.05) is 13.0 Å². The summed E-state index contributed by atoms with van der Waals surface area (Å²) in [5.41, 5.74) is 0. The smallest absolute Gasteiger partial charge is 0.121 e. The van der Waals surface area contributed by atoms with E-state index < -0.39 is 0 Å². The van der Waals surface area contributed by atoms with Crippen LogP contribution in [0.3, 0.4) is 0 Å². The van der Waals surface area contributed by atoms with Crippen LogP contribution < -0.4 is 0 Å². The fourth-order valence-corrected chi connectivity index (χ4v) is 3.75. The molecule has 1 aromatic heterocycles. The summed E-state index contributed by atoms with van der Waals surface area (Å²) >= 11 is 0. The van der Waals surface area contributed by atoms with Gasteiger partial charge in [0.25, 0.3) is 0 Å². The first-order valence-corrected chi connectivity index (χ1v) is 8.90. The fraction of sp³-hybridized carbons (Fsp3) is 0.778. The molecule has 5 heteroatoms. The zero-order valence-electron chi connectivity index (χ0n) is 14.4. The van der Waals surface area contributed by atoms with Crippen LogP contribution in [-0.4, -0.2) is 66.9 Å². The molecule has 2 aliphatic rings. The number of nitrogens with zero attached hydrogens (tertiary/aromatic N) is 2. The number of aliphatic hydroxyl groups excluding tert-OH is 1. The molecule has 23 heavy (non-hydrogen) atoms. The van der Waals surface area contributed by atoms with E-state index >= 15 is 0 Å². The van der Waals surface area contributed by atoms with Crippen LogP contribution in [0.25, 0.3) is 0 Å². The van der Waals surface area contributed by atoms with Gasteiger partial charge in [0.1, 0.15) is 11.5 Å². The molecular weight excluding hydrogens is 292 g/mol. The van der Waals surface area contributed by atoms with Gasteiger partial charge in [0.05, 0.1) is 25.4 Å². The topological polar surface area (TPSA) is 49.1 Å². The van der Waals surface area contributed by atoms with Crippen LogP contribution in [0.4, 0.5) is 0 Å². The van der Waals surface area contributed by atoms with Crippen molar-refractivity contribution in [1.29, 1.82) is 0 Å². The zero-order valence-corrected chi connectivity index (χ0v) is 14.4. The van der Waals surface area contributed by atoms with Gasteiger partial charge in [0.15, 0.2) is 0 Å². The predicted molar refractivity (Wildman–Crippen MR) is 89.4 cm³/mol. The largest absolute Gasteiger partial charge is 0.465 e. The second kappa shape index (κ2) is 7.79. The summed E-state index contributed by atoms with van der Waals surface area (Å²) < 4.78 is 11.3. The first-order chi connectivity index (χ1) is 11.1. The standard InChI is InChI=1S/C18H30N2O3/c1-14-5-6-20(17(11-14)18-4-3-15(2)23-18)13-16(21)12-19-7-9-22-10-8-19/h3-4,14,16-17,21H,5-13H2,1-2H3. The van der Waals surface area contributed by atoms with Crippen molar-refractivity contribution in [3.8, 4) is 0 Å². The van der Waals surface area contributed by atoms with Crippen molar-refractivity contribution in [3.05, 3.63) is 23.7 Å². The molecule has 3 atom stereocenters. The Morgan fingerprint density at radius 2 is 2.00 bits per heavy atom. The lowest BCUT2D eigenvalue weighted by atomic mass is 9.91. The predicted octanol–water partition coefficient (Wildman–Crippen LogP) is 2.05. The van der Waals surface area contributed by atoms with Crippen molar-refractivity contribution in [2.75, 3.05) is 45.9 Å². The number of furan rings is 1. The molecule has 0 amide bonds. The minimum Gasteiger partial charge on any atom is -0.465 e. The van der Waals surface area contributed by atoms with Gasteiger partial charge in [-0.1, -0.05) is 6.92 Å². The molecule has 1 N–H and O–H groups in total. The van der Waals surface area contributed by atoms with Crippen LogP contribution in [0, 0.1) is 12.8 Å². The highest BCUT2D eigenvalue weighted by molar-refractivity contribution is 5.11. The second-order valence-corrected chi connectivity index (χ2v) is 7.16. The van der Waals surface area contributed by atoms with Gasteiger partial charge in [-0.05, 0) is 44.4 Å². The van der Waals surface area contributed by atoms with Crippen molar-refractivity contribution in [1.82, 2.24) is 9.80 Å². The first kappa shape index (κ1) is 17.0. The van der Waals surface area contributed by atoms with E-state index in [9.17, 15) is 5.11 Å². The number of aryl methyl sites for hydroxylation is 1. The average Bonchev–Trinajstić information content (AvgIpc) is 2.96. The van der Waals surface area contributed by atoms with Crippen LogP contribution in [0.15, 0.2) is 16.5 Å². The second-order valence-electron chi connectivity index (χ2n) is 7.16. The Morgan fingerprint density at radius 3 is 2.70 bits per heavy atom.